The molecule has 0 aliphatic carbocycles. The third-order valence-corrected chi connectivity index (χ3v) is 7.03. The van der Waals surface area contributed by atoms with Crippen LogP contribution in [0.4, 0.5) is 0 Å². The normalized spacial score (nSPS) is 11.5. The summed E-state index contributed by atoms with van der Waals surface area (Å²) in [6, 6.07) is 16.5. The lowest BCUT2D eigenvalue weighted by molar-refractivity contribution is 0.304. The maximum absolute atomic E-state index is 13.2. The van der Waals surface area contributed by atoms with Crippen LogP contribution in [0.15, 0.2) is 73.4 Å². The summed E-state index contributed by atoms with van der Waals surface area (Å²) in [6.45, 7) is 2.37. The standard InChI is InChI=1S/C26H21Br2Cl2N3O2/c1-2-3-8-24-32-23-10-9-18(27)13-19(23)26(34)33(24)31-14-16-11-20(28)25(22(30)12-16)35-15-17-6-4-5-7-21(17)29/h4-7,9-14H,2-3,8,15H2,1H3. The van der Waals surface area contributed by atoms with Gasteiger partial charge in [-0.15, -0.1) is 0 Å². The Bertz CT molecular complexity index is 1450. The molecular weight excluding hydrogens is 617 g/mol. The van der Waals surface area contributed by atoms with Gasteiger partial charge in [0.25, 0.3) is 5.56 Å². The molecule has 0 unspecified atom stereocenters. The Kier molecular flexibility index (Phi) is 8.65. The summed E-state index contributed by atoms with van der Waals surface area (Å²) >= 11 is 19.7. The number of halogens is 4. The SMILES string of the molecule is CCCCc1nc2ccc(Br)cc2c(=O)n1N=Cc1cc(Cl)c(OCc2ccccc2Cl)c(Br)c1. The molecule has 0 aliphatic heterocycles. The molecule has 9 heteroatoms. The number of hydrogen-bond donors (Lipinski definition) is 0. The molecule has 0 fully saturated rings. The van der Waals surface area contributed by atoms with Crippen LogP contribution >= 0.6 is 55.1 Å². The van der Waals surface area contributed by atoms with Crippen LogP contribution in [-0.2, 0) is 13.0 Å². The van der Waals surface area contributed by atoms with Crippen molar-refractivity contribution in [3.63, 3.8) is 0 Å². The fraction of sp³-hybridized carbons (Fsp3) is 0.192. The minimum Gasteiger partial charge on any atom is -0.486 e. The number of hydrogen-bond acceptors (Lipinski definition) is 4. The Morgan fingerprint density at radius 3 is 2.63 bits per heavy atom. The van der Waals surface area contributed by atoms with E-state index >= 15 is 0 Å². The van der Waals surface area contributed by atoms with Crippen LogP contribution in [0, 0.1) is 0 Å². The summed E-state index contributed by atoms with van der Waals surface area (Å²) in [4.78, 5) is 17.9. The Labute approximate surface area is 230 Å². The fourth-order valence-corrected chi connectivity index (χ4v) is 5.03. The summed E-state index contributed by atoms with van der Waals surface area (Å²) in [5.74, 6) is 1.12. The molecule has 1 heterocycles. The molecule has 4 rings (SSSR count). The van der Waals surface area contributed by atoms with Crippen molar-refractivity contribution in [1.82, 2.24) is 9.66 Å². The van der Waals surface area contributed by atoms with Crippen LogP contribution in [0.25, 0.3) is 10.9 Å². The number of rotatable bonds is 8. The molecule has 3 aromatic carbocycles. The Hall–Kier alpha value is -2.19. The summed E-state index contributed by atoms with van der Waals surface area (Å²) in [5.41, 5.74) is 2.00. The molecule has 1 aromatic heterocycles. The van der Waals surface area contributed by atoms with Gasteiger partial charge in [0.15, 0.2) is 5.75 Å². The van der Waals surface area contributed by atoms with Gasteiger partial charge in [0.2, 0.25) is 0 Å². The molecule has 0 radical (unpaired) electrons. The monoisotopic (exact) mass is 635 g/mol. The minimum atomic E-state index is -0.219. The van der Waals surface area contributed by atoms with E-state index in [1.807, 2.05) is 42.5 Å². The molecule has 0 aliphatic rings. The van der Waals surface area contributed by atoms with Crippen LogP contribution in [-0.4, -0.2) is 15.9 Å². The number of aryl methyl sites for hydroxylation is 1. The first-order valence-electron chi connectivity index (χ1n) is 11.0. The maximum atomic E-state index is 13.2. The zero-order chi connectivity index (χ0) is 24.9. The van der Waals surface area contributed by atoms with E-state index in [1.54, 1.807) is 18.3 Å². The van der Waals surface area contributed by atoms with E-state index in [0.717, 1.165) is 22.9 Å². The van der Waals surface area contributed by atoms with Gasteiger partial charge in [0.05, 0.1) is 26.6 Å². The highest BCUT2D eigenvalue weighted by Gasteiger charge is 2.13. The summed E-state index contributed by atoms with van der Waals surface area (Å²) in [6.07, 6.45) is 4.13. The van der Waals surface area contributed by atoms with Crippen LogP contribution in [0.2, 0.25) is 10.0 Å². The van der Waals surface area contributed by atoms with Crippen molar-refractivity contribution in [1.29, 1.82) is 0 Å². The topological polar surface area (TPSA) is 56.5 Å². The molecular formula is C26H21Br2Cl2N3O2. The molecule has 35 heavy (non-hydrogen) atoms. The van der Waals surface area contributed by atoms with Gasteiger partial charge >= 0.3 is 0 Å². The molecule has 0 amide bonds. The lowest BCUT2D eigenvalue weighted by atomic mass is 10.2. The van der Waals surface area contributed by atoms with Gasteiger partial charge in [-0.2, -0.15) is 9.78 Å². The van der Waals surface area contributed by atoms with E-state index in [4.69, 9.17) is 32.9 Å². The first-order valence-corrected chi connectivity index (χ1v) is 13.3. The second kappa shape index (κ2) is 11.7. The predicted molar refractivity (Wildman–Crippen MR) is 150 cm³/mol. The van der Waals surface area contributed by atoms with Crippen LogP contribution < -0.4 is 10.3 Å². The van der Waals surface area contributed by atoms with Crippen LogP contribution in [0.3, 0.4) is 0 Å². The van der Waals surface area contributed by atoms with Crippen molar-refractivity contribution >= 4 is 72.2 Å². The van der Waals surface area contributed by atoms with Gasteiger partial charge in [-0.1, -0.05) is 70.7 Å². The maximum Gasteiger partial charge on any atom is 0.282 e. The second-order valence-corrected chi connectivity index (χ2v) is 10.4. The number of benzene rings is 3. The van der Waals surface area contributed by atoms with E-state index in [9.17, 15) is 4.79 Å². The van der Waals surface area contributed by atoms with E-state index in [2.05, 4.69) is 43.9 Å². The average molecular weight is 638 g/mol. The van der Waals surface area contributed by atoms with Gasteiger partial charge in [-0.25, -0.2) is 4.98 Å². The molecule has 180 valence electrons. The molecule has 0 saturated carbocycles. The Morgan fingerprint density at radius 1 is 1.09 bits per heavy atom. The van der Waals surface area contributed by atoms with Crippen molar-refractivity contribution in [3.8, 4) is 5.75 Å². The largest absolute Gasteiger partial charge is 0.486 e. The third-order valence-electron chi connectivity index (χ3n) is 5.30. The summed E-state index contributed by atoms with van der Waals surface area (Å²) < 4.78 is 8.76. The predicted octanol–water partition coefficient (Wildman–Crippen LogP) is 8.03. The van der Waals surface area contributed by atoms with Crippen molar-refractivity contribution in [2.24, 2.45) is 5.10 Å². The molecule has 0 bridgehead atoms. The van der Waals surface area contributed by atoms with E-state index < -0.39 is 0 Å². The highest BCUT2D eigenvalue weighted by atomic mass is 79.9. The third kappa shape index (κ3) is 6.15. The number of aromatic nitrogens is 2. The molecule has 0 spiro atoms. The smallest absolute Gasteiger partial charge is 0.282 e. The van der Waals surface area contributed by atoms with Crippen molar-refractivity contribution < 1.29 is 4.74 Å². The average Bonchev–Trinajstić information content (AvgIpc) is 2.83. The van der Waals surface area contributed by atoms with Crippen molar-refractivity contribution in [2.45, 2.75) is 32.8 Å². The molecule has 0 saturated heterocycles. The van der Waals surface area contributed by atoms with Gasteiger partial charge < -0.3 is 4.74 Å². The van der Waals surface area contributed by atoms with Crippen LogP contribution in [0.1, 0.15) is 36.7 Å². The number of fused-ring (bicyclic) bond motifs is 1. The minimum absolute atomic E-state index is 0.219. The summed E-state index contributed by atoms with van der Waals surface area (Å²) in [5, 5.41) is 6.03. The Balaban J connectivity index is 1.65. The van der Waals surface area contributed by atoms with Crippen molar-refractivity contribution in [3.05, 3.63) is 101 Å². The lowest BCUT2D eigenvalue weighted by Crippen LogP contribution is -2.22. The van der Waals surface area contributed by atoms with E-state index in [1.165, 1.54) is 4.68 Å². The lowest BCUT2D eigenvalue weighted by Gasteiger charge is -2.12. The van der Waals surface area contributed by atoms with Crippen LogP contribution in [0.5, 0.6) is 5.75 Å². The molecule has 0 atom stereocenters. The molecule has 5 nitrogen and oxygen atoms in total. The van der Waals surface area contributed by atoms with E-state index in [0.29, 0.717) is 49.0 Å². The van der Waals surface area contributed by atoms with Crippen molar-refractivity contribution in [2.75, 3.05) is 0 Å². The first-order chi connectivity index (χ1) is 16.9. The summed E-state index contributed by atoms with van der Waals surface area (Å²) in [7, 11) is 0. The van der Waals surface area contributed by atoms with E-state index in [-0.39, 0.29) is 12.2 Å². The van der Waals surface area contributed by atoms with Gasteiger partial charge in [-0.05, 0) is 64.3 Å². The fourth-order valence-electron chi connectivity index (χ4n) is 3.49. The van der Waals surface area contributed by atoms with Gasteiger partial charge in [0.1, 0.15) is 12.4 Å². The Morgan fingerprint density at radius 2 is 1.89 bits per heavy atom. The highest BCUT2D eigenvalue weighted by Crippen LogP contribution is 2.35. The number of nitrogens with zero attached hydrogens (tertiary/aromatic N) is 3. The van der Waals surface area contributed by atoms with Gasteiger partial charge in [-0.3, -0.25) is 4.79 Å². The zero-order valence-electron chi connectivity index (χ0n) is 18.8. The molecule has 0 N–H and O–H groups in total. The number of unbranched alkanes of at least 4 members (excludes halogenated alkanes) is 1. The second-order valence-electron chi connectivity index (χ2n) is 7.85. The zero-order valence-corrected chi connectivity index (χ0v) is 23.5. The first kappa shape index (κ1) is 25.9. The number of ether oxygens (including phenoxy) is 1. The highest BCUT2D eigenvalue weighted by molar-refractivity contribution is 9.10. The van der Waals surface area contributed by atoms with Gasteiger partial charge in [0, 0.05) is 21.5 Å². The molecule has 4 aromatic rings. The quantitative estimate of drug-likeness (QED) is 0.184.